The Hall–Kier alpha value is -1.83. The van der Waals surface area contributed by atoms with Gasteiger partial charge in [0.25, 0.3) is 0 Å². The number of carbonyl (C=O) groups is 1. The van der Waals surface area contributed by atoms with Crippen LogP contribution in [0.1, 0.15) is 89.4 Å². The van der Waals surface area contributed by atoms with Gasteiger partial charge in [0.05, 0.1) is 5.56 Å². The molecule has 0 unspecified atom stereocenters. The SMILES string of the molecule is CC(C)CCC[C@@H](C)[C@H]1CC[C@H]2[C@@H](OC(=O)c3cccc4ccccc34)CCC[C@]12C. The largest absolute Gasteiger partial charge is 0.458 e. The van der Waals surface area contributed by atoms with Crippen LogP contribution in [-0.4, -0.2) is 12.1 Å². The van der Waals surface area contributed by atoms with Crippen molar-refractivity contribution < 1.29 is 9.53 Å². The molecule has 2 aliphatic carbocycles. The standard InChI is InChI=1S/C29H40O2/c1-20(2)10-7-11-21(3)25-17-18-26-27(16-9-19-29(25,26)4)31-28(30)24-15-8-13-22-12-5-6-14-23(22)24/h5-6,8,12-15,20-21,25-27H,7,9-11,16-19H2,1-4H3/t21-,25-,26+,27+,29-/m1/s1. The fraction of sp³-hybridized carbons (Fsp3) is 0.621. The van der Waals surface area contributed by atoms with Crippen molar-refractivity contribution in [3.8, 4) is 0 Å². The zero-order valence-corrected chi connectivity index (χ0v) is 19.9. The van der Waals surface area contributed by atoms with E-state index in [1.54, 1.807) is 0 Å². The molecule has 0 spiro atoms. The van der Waals surface area contributed by atoms with E-state index in [9.17, 15) is 4.79 Å². The molecule has 31 heavy (non-hydrogen) atoms. The van der Waals surface area contributed by atoms with E-state index < -0.39 is 0 Å². The lowest BCUT2D eigenvalue weighted by molar-refractivity contribution is -0.0472. The normalized spacial score (nSPS) is 29.1. The highest BCUT2D eigenvalue weighted by atomic mass is 16.5. The summed E-state index contributed by atoms with van der Waals surface area (Å²) in [6.07, 6.45) is 10.1. The van der Waals surface area contributed by atoms with E-state index in [2.05, 4.69) is 39.8 Å². The molecule has 2 nitrogen and oxygen atoms in total. The molecular weight excluding hydrogens is 380 g/mol. The van der Waals surface area contributed by atoms with Crippen molar-refractivity contribution in [2.24, 2.45) is 29.1 Å². The minimum atomic E-state index is -0.139. The van der Waals surface area contributed by atoms with Crippen LogP contribution in [0.5, 0.6) is 0 Å². The van der Waals surface area contributed by atoms with Gasteiger partial charge in [-0.2, -0.15) is 0 Å². The average Bonchev–Trinajstić information content (AvgIpc) is 3.11. The minimum absolute atomic E-state index is 0.0677. The molecule has 2 aromatic rings. The summed E-state index contributed by atoms with van der Waals surface area (Å²) < 4.78 is 6.27. The van der Waals surface area contributed by atoms with Crippen LogP contribution in [0.3, 0.4) is 0 Å². The van der Waals surface area contributed by atoms with Gasteiger partial charge in [0.1, 0.15) is 6.10 Å². The molecule has 0 amide bonds. The molecule has 168 valence electrons. The second kappa shape index (κ2) is 9.35. The van der Waals surface area contributed by atoms with Crippen LogP contribution in [0.4, 0.5) is 0 Å². The number of rotatable bonds is 7. The summed E-state index contributed by atoms with van der Waals surface area (Å²) in [6.45, 7) is 9.64. The van der Waals surface area contributed by atoms with Gasteiger partial charge in [-0.3, -0.25) is 0 Å². The van der Waals surface area contributed by atoms with E-state index in [-0.39, 0.29) is 12.1 Å². The van der Waals surface area contributed by atoms with Crippen molar-refractivity contribution >= 4 is 16.7 Å². The summed E-state index contributed by atoms with van der Waals surface area (Å²) in [6, 6.07) is 14.1. The lowest BCUT2D eigenvalue weighted by Gasteiger charge is -2.46. The number of fused-ring (bicyclic) bond motifs is 2. The zero-order valence-electron chi connectivity index (χ0n) is 19.9. The van der Waals surface area contributed by atoms with E-state index in [1.165, 1.54) is 44.9 Å². The lowest BCUT2D eigenvalue weighted by Crippen LogP contribution is -2.43. The van der Waals surface area contributed by atoms with Gasteiger partial charge in [-0.1, -0.05) is 83.4 Å². The van der Waals surface area contributed by atoms with E-state index in [0.717, 1.165) is 34.9 Å². The number of carbonyl (C=O) groups excluding carboxylic acids is 1. The molecule has 0 heterocycles. The fourth-order valence-electron chi connectivity index (χ4n) is 6.89. The van der Waals surface area contributed by atoms with Crippen LogP contribution in [0.15, 0.2) is 42.5 Å². The third-order valence-corrected chi connectivity index (χ3v) is 8.53. The van der Waals surface area contributed by atoms with Gasteiger partial charge < -0.3 is 4.74 Å². The molecule has 0 saturated heterocycles. The first-order chi connectivity index (χ1) is 14.9. The molecule has 0 radical (unpaired) electrons. The van der Waals surface area contributed by atoms with Gasteiger partial charge in [0.15, 0.2) is 0 Å². The maximum absolute atomic E-state index is 13.2. The number of ether oxygens (including phenoxy) is 1. The maximum Gasteiger partial charge on any atom is 0.339 e. The summed E-state index contributed by atoms with van der Waals surface area (Å²) in [5.41, 5.74) is 1.03. The number of hydrogen-bond acceptors (Lipinski definition) is 2. The molecule has 0 aromatic heterocycles. The molecule has 2 aromatic carbocycles. The van der Waals surface area contributed by atoms with Gasteiger partial charge in [-0.25, -0.2) is 4.79 Å². The Balaban J connectivity index is 1.46. The highest BCUT2D eigenvalue weighted by Gasteiger charge is 2.53. The van der Waals surface area contributed by atoms with Crippen LogP contribution in [-0.2, 0) is 4.74 Å². The summed E-state index contributed by atoms with van der Waals surface area (Å²) in [5, 5.41) is 2.10. The van der Waals surface area contributed by atoms with Crippen molar-refractivity contribution in [1.29, 1.82) is 0 Å². The second-order valence-corrected chi connectivity index (χ2v) is 11.0. The maximum atomic E-state index is 13.2. The Morgan fingerprint density at radius 1 is 1.03 bits per heavy atom. The molecule has 2 fully saturated rings. The third kappa shape index (κ3) is 4.54. The predicted octanol–water partition coefficient (Wildman–Crippen LogP) is 8.04. The molecular formula is C29H40O2. The van der Waals surface area contributed by atoms with Crippen molar-refractivity contribution in [2.75, 3.05) is 0 Å². The minimum Gasteiger partial charge on any atom is -0.458 e. The second-order valence-electron chi connectivity index (χ2n) is 11.0. The molecule has 5 atom stereocenters. The van der Waals surface area contributed by atoms with E-state index >= 15 is 0 Å². The first-order valence-corrected chi connectivity index (χ1v) is 12.6. The van der Waals surface area contributed by atoms with Crippen molar-refractivity contribution in [2.45, 2.75) is 85.2 Å². The van der Waals surface area contributed by atoms with Crippen LogP contribution >= 0.6 is 0 Å². The van der Waals surface area contributed by atoms with E-state index in [1.807, 2.05) is 30.3 Å². The molecule has 2 heteroatoms. The van der Waals surface area contributed by atoms with E-state index in [4.69, 9.17) is 4.74 Å². The van der Waals surface area contributed by atoms with Gasteiger partial charge in [-0.15, -0.1) is 0 Å². The lowest BCUT2D eigenvalue weighted by atomic mass is 9.61. The summed E-state index contributed by atoms with van der Waals surface area (Å²) >= 11 is 0. The number of hydrogen-bond donors (Lipinski definition) is 0. The average molecular weight is 421 g/mol. The van der Waals surface area contributed by atoms with Crippen LogP contribution in [0, 0.1) is 29.1 Å². The summed E-state index contributed by atoms with van der Waals surface area (Å²) in [7, 11) is 0. The first-order valence-electron chi connectivity index (χ1n) is 12.6. The monoisotopic (exact) mass is 420 g/mol. The molecule has 0 aliphatic heterocycles. The molecule has 0 bridgehead atoms. The van der Waals surface area contributed by atoms with Crippen LogP contribution in [0.2, 0.25) is 0 Å². The highest BCUT2D eigenvalue weighted by Crippen LogP contribution is 2.59. The van der Waals surface area contributed by atoms with E-state index in [0.29, 0.717) is 16.9 Å². The van der Waals surface area contributed by atoms with Crippen LogP contribution < -0.4 is 0 Å². The topological polar surface area (TPSA) is 26.3 Å². The highest BCUT2D eigenvalue weighted by molar-refractivity contribution is 6.04. The van der Waals surface area contributed by atoms with Crippen molar-refractivity contribution in [3.05, 3.63) is 48.0 Å². The smallest absolute Gasteiger partial charge is 0.339 e. The zero-order chi connectivity index (χ0) is 22.0. The Morgan fingerprint density at radius 2 is 1.81 bits per heavy atom. The first kappa shape index (κ1) is 22.4. The molecule has 2 aliphatic rings. The summed E-state index contributed by atoms with van der Waals surface area (Å²) in [5.74, 6) is 2.70. The molecule has 2 saturated carbocycles. The molecule has 0 N–H and O–H groups in total. The summed E-state index contributed by atoms with van der Waals surface area (Å²) in [4.78, 5) is 13.2. The quantitative estimate of drug-likeness (QED) is 0.424. The predicted molar refractivity (Wildman–Crippen MR) is 129 cm³/mol. The number of esters is 1. The third-order valence-electron chi connectivity index (χ3n) is 8.53. The van der Waals surface area contributed by atoms with Gasteiger partial charge in [0, 0.05) is 5.92 Å². The van der Waals surface area contributed by atoms with Gasteiger partial charge in [0.2, 0.25) is 0 Å². The fourth-order valence-corrected chi connectivity index (χ4v) is 6.89. The van der Waals surface area contributed by atoms with Crippen molar-refractivity contribution in [1.82, 2.24) is 0 Å². The molecule has 4 rings (SSSR count). The Labute approximate surface area is 188 Å². The van der Waals surface area contributed by atoms with Gasteiger partial charge >= 0.3 is 5.97 Å². The Morgan fingerprint density at radius 3 is 2.61 bits per heavy atom. The Kier molecular flexibility index (Phi) is 6.74. The van der Waals surface area contributed by atoms with Crippen LogP contribution in [0.25, 0.3) is 10.8 Å². The van der Waals surface area contributed by atoms with Gasteiger partial charge in [-0.05, 0) is 72.1 Å². The van der Waals surface area contributed by atoms with Crippen molar-refractivity contribution in [3.63, 3.8) is 0 Å². The number of benzene rings is 2. The Bertz CT molecular complexity index is 895.